The second-order valence-corrected chi connectivity index (χ2v) is 4.08. The number of hydrogen-bond acceptors (Lipinski definition) is 5. The van der Waals surface area contributed by atoms with Crippen LogP contribution >= 0.6 is 0 Å². The number of amides is 2. The number of rotatable bonds is 4. The Kier molecular flexibility index (Phi) is 4.94. The van der Waals surface area contributed by atoms with Crippen LogP contribution in [0.3, 0.4) is 0 Å². The van der Waals surface area contributed by atoms with Crippen LogP contribution in [0.4, 0.5) is 0 Å². The summed E-state index contributed by atoms with van der Waals surface area (Å²) in [5.41, 5.74) is 5.65. The van der Waals surface area contributed by atoms with E-state index in [4.69, 9.17) is 5.73 Å². The maximum atomic E-state index is 11.8. The third-order valence-electron chi connectivity index (χ3n) is 2.83. The van der Waals surface area contributed by atoms with Crippen molar-refractivity contribution in [1.29, 1.82) is 0 Å². The lowest BCUT2D eigenvalue weighted by Crippen LogP contribution is -2.48. The van der Waals surface area contributed by atoms with E-state index < -0.39 is 17.9 Å². The standard InChI is InChI=1S/C12H17N3O3/c1-3-8(2)10(13)12(17)15(18)11(16)9-6-4-5-7-14-9/h4-8,10,18H,3,13H2,1-2H3/t8-,10-/m0/s1. The van der Waals surface area contributed by atoms with Crippen molar-refractivity contribution in [3.05, 3.63) is 30.1 Å². The fraction of sp³-hybridized carbons (Fsp3) is 0.417. The number of carbonyl (C=O) groups is 2. The summed E-state index contributed by atoms with van der Waals surface area (Å²) in [6.45, 7) is 3.65. The van der Waals surface area contributed by atoms with Gasteiger partial charge in [-0.2, -0.15) is 0 Å². The molecule has 0 aromatic carbocycles. The minimum atomic E-state index is -0.910. The summed E-state index contributed by atoms with van der Waals surface area (Å²) in [7, 11) is 0. The van der Waals surface area contributed by atoms with Gasteiger partial charge < -0.3 is 5.73 Å². The topological polar surface area (TPSA) is 96.5 Å². The first kappa shape index (κ1) is 14.3. The lowest BCUT2D eigenvalue weighted by Gasteiger charge is -2.21. The summed E-state index contributed by atoms with van der Waals surface area (Å²) in [6.07, 6.45) is 2.08. The quantitative estimate of drug-likeness (QED) is 0.609. The van der Waals surface area contributed by atoms with Gasteiger partial charge in [-0.25, -0.2) is 0 Å². The lowest BCUT2D eigenvalue weighted by molar-refractivity contribution is -0.156. The zero-order chi connectivity index (χ0) is 13.7. The number of hydrogen-bond donors (Lipinski definition) is 2. The number of hydroxylamine groups is 2. The van der Waals surface area contributed by atoms with Crippen molar-refractivity contribution < 1.29 is 14.8 Å². The van der Waals surface area contributed by atoms with Gasteiger partial charge in [0.15, 0.2) is 0 Å². The summed E-state index contributed by atoms with van der Waals surface area (Å²) in [5, 5.41) is 9.61. The Morgan fingerprint density at radius 3 is 2.67 bits per heavy atom. The Morgan fingerprint density at radius 1 is 1.50 bits per heavy atom. The molecular weight excluding hydrogens is 234 g/mol. The van der Waals surface area contributed by atoms with Crippen LogP contribution < -0.4 is 5.73 Å². The second-order valence-electron chi connectivity index (χ2n) is 4.08. The van der Waals surface area contributed by atoms with E-state index >= 15 is 0 Å². The summed E-state index contributed by atoms with van der Waals surface area (Å²) in [4.78, 5) is 27.3. The molecule has 0 saturated heterocycles. The van der Waals surface area contributed by atoms with Crippen molar-refractivity contribution in [1.82, 2.24) is 10.0 Å². The van der Waals surface area contributed by atoms with Crippen molar-refractivity contribution in [2.24, 2.45) is 11.7 Å². The van der Waals surface area contributed by atoms with E-state index in [9.17, 15) is 14.8 Å². The number of nitrogens with zero attached hydrogens (tertiary/aromatic N) is 2. The second kappa shape index (κ2) is 6.23. The lowest BCUT2D eigenvalue weighted by atomic mass is 9.99. The highest BCUT2D eigenvalue weighted by Gasteiger charge is 2.29. The van der Waals surface area contributed by atoms with E-state index in [1.54, 1.807) is 19.1 Å². The summed E-state index contributed by atoms with van der Waals surface area (Å²) in [5.74, 6) is -1.82. The number of aromatic nitrogens is 1. The van der Waals surface area contributed by atoms with Crippen LogP contribution in [0.1, 0.15) is 30.8 Å². The third-order valence-corrected chi connectivity index (χ3v) is 2.83. The van der Waals surface area contributed by atoms with E-state index in [1.807, 2.05) is 6.92 Å². The summed E-state index contributed by atoms with van der Waals surface area (Å²) < 4.78 is 0. The van der Waals surface area contributed by atoms with Crippen LogP contribution in [0.2, 0.25) is 0 Å². The average molecular weight is 251 g/mol. The Morgan fingerprint density at radius 2 is 2.17 bits per heavy atom. The van der Waals surface area contributed by atoms with E-state index in [0.29, 0.717) is 6.42 Å². The van der Waals surface area contributed by atoms with E-state index in [1.165, 1.54) is 12.3 Å². The molecule has 0 bridgehead atoms. The van der Waals surface area contributed by atoms with Gasteiger partial charge >= 0.3 is 5.91 Å². The Balaban J connectivity index is 2.79. The van der Waals surface area contributed by atoms with E-state index in [-0.39, 0.29) is 16.7 Å². The molecule has 0 saturated carbocycles. The van der Waals surface area contributed by atoms with Gasteiger partial charge in [-0.15, -0.1) is 5.06 Å². The van der Waals surface area contributed by atoms with Crippen LogP contribution in [0.25, 0.3) is 0 Å². The Labute approximate surface area is 105 Å². The van der Waals surface area contributed by atoms with Crippen molar-refractivity contribution in [3.63, 3.8) is 0 Å². The highest BCUT2D eigenvalue weighted by molar-refractivity contribution is 6.03. The molecule has 0 aliphatic heterocycles. The van der Waals surface area contributed by atoms with Crippen molar-refractivity contribution in [3.8, 4) is 0 Å². The van der Waals surface area contributed by atoms with Gasteiger partial charge in [-0.3, -0.25) is 19.8 Å². The Bertz CT molecular complexity index is 422. The van der Waals surface area contributed by atoms with Crippen LogP contribution in [-0.4, -0.2) is 33.1 Å². The first-order chi connectivity index (χ1) is 8.49. The molecule has 2 amide bonds. The molecular formula is C12H17N3O3. The molecule has 0 spiro atoms. The van der Waals surface area contributed by atoms with Gasteiger partial charge in [0.2, 0.25) is 0 Å². The predicted octanol–water partition coefficient (Wildman–Crippen LogP) is 0.813. The monoisotopic (exact) mass is 251 g/mol. The first-order valence-corrected chi connectivity index (χ1v) is 5.72. The highest BCUT2D eigenvalue weighted by Crippen LogP contribution is 2.09. The maximum Gasteiger partial charge on any atom is 0.303 e. The fourth-order valence-electron chi connectivity index (χ4n) is 1.34. The molecule has 0 unspecified atom stereocenters. The van der Waals surface area contributed by atoms with Gasteiger partial charge in [0, 0.05) is 6.20 Å². The zero-order valence-electron chi connectivity index (χ0n) is 10.4. The van der Waals surface area contributed by atoms with Gasteiger partial charge in [-0.1, -0.05) is 26.3 Å². The van der Waals surface area contributed by atoms with Gasteiger partial charge in [0.1, 0.15) is 5.69 Å². The minimum Gasteiger partial charge on any atom is -0.320 e. The molecule has 1 aromatic heterocycles. The molecule has 3 N–H and O–H groups in total. The Hall–Kier alpha value is -1.79. The average Bonchev–Trinajstić information content (AvgIpc) is 2.44. The van der Waals surface area contributed by atoms with E-state index in [0.717, 1.165) is 0 Å². The van der Waals surface area contributed by atoms with Gasteiger partial charge in [0.25, 0.3) is 5.91 Å². The molecule has 6 nitrogen and oxygen atoms in total. The SMILES string of the molecule is CC[C@H](C)[C@H](N)C(=O)N(O)C(=O)c1ccccn1. The third kappa shape index (κ3) is 3.12. The van der Waals surface area contributed by atoms with Crippen LogP contribution in [0, 0.1) is 5.92 Å². The van der Waals surface area contributed by atoms with Crippen molar-refractivity contribution >= 4 is 11.8 Å². The number of imide groups is 1. The molecule has 1 aromatic rings. The predicted molar refractivity (Wildman–Crippen MR) is 64.6 cm³/mol. The van der Waals surface area contributed by atoms with Crippen molar-refractivity contribution in [2.75, 3.05) is 0 Å². The van der Waals surface area contributed by atoms with Crippen molar-refractivity contribution in [2.45, 2.75) is 26.3 Å². The largest absolute Gasteiger partial charge is 0.320 e. The molecule has 18 heavy (non-hydrogen) atoms. The molecule has 0 aliphatic carbocycles. The molecule has 1 rings (SSSR count). The number of pyridine rings is 1. The summed E-state index contributed by atoms with van der Waals surface area (Å²) in [6, 6.07) is 3.72. The van der Waals surface area contributed by atoms with Gasteiger partial charge in [0.05, 0.1) is 6.04 Å². The van der Waals surface area contributed by atoms with Crippen LogP contribution in [0.5, 0.6) is 0 Å². The maximum absolute atomic E-state index is 11.8. The molecule has 0 aliphatic rings. The fourth-order valence-corrected chi connectivity index (χ4v) is 1.34. The summed E-state index contributed by atoms with van der Waals surface area (Å²) >= 11 is 0. The first-order valence-electron chi connectivity index (χ1n) is 5.72. The van der Waals surface area contributed by atoms with Crippen LogP contribution in [-0.2, 0) is 4.79 Å². The molecule has 0 fully saturated rings. The van der Waals surface area contributed by atoms with Crippen LogP contribution in [0.15, 0.2) is 24.4 Å². The zero-order valence-corrected chi connectivity index (χ0v) is 10.4. The normalized spacial score (nSPS) is 13.8. The molecule has 98 valence electrons. The molecule has 6 heteroatoms. The minimum absolute atomic E-state index is 0.00954. The van der Waals surface area contributed by atoms with Gasteiger partial charge in [-0.05, 0) is 18.1 Å². The molecule has 0 radical (unpaired) electrons. The highest BCUT2D eigenvalue weighted by atomic mass is 16.5. The molecule has 2 atom stereocenters. The number of nitrogens with two attached hydrogens (primary N) is 1. The van der Waals surface area contributed by atoms with E-state index in [2.05, 4.69) is 4.98 Å². The number of carbonyl (C=O) groups excluding carboxylic acids is 2. The smallest absolute Gasteiger partial charge is 0.303 e. The molecule has 1 heterocycles.